The Bertz CT molecular complexity index is 817. The van der Waals surface area contributed by atoms with Crippen LogP contribution in [-0.4, -0.2) is 9.78 Å². The fraction of sp³-hybridized carbons (Fsp3) is 0.188. The Kier molecular flexibility index (Phi) is 3.51. The van der Waals surface area contributed by atoms with E-state index in [-0.39, 0.29) is 0 Å². The first kappa shape index (κ1) is 14.2. The lowest BCUT2D eigenvalue weighted by Crippen LogP contribution is -1.98. The lowest BCUT2D eigenvalue weighted by Gasteiger charge is -2.07. The molecule has 3 nitrogen and oxygen atoms in total. The summed E-state index contributed by atoms with van der Waals surface area (Å²) in [6, 6.07) is 8.22. The molecular formula is C16H16ClN3S. The summed E-state index contributed by atoms with van der Waals surface area (Å²) in [6.45, 7) is 4.20. The van der Waals surface area contributed by atoms with Crippen LogP contribution in [0.2, 0.25) is 5.02 Å². The van der Waals surface area contributed by atoms with Crippen LogP contribution in [0.4, 0.5) is 5.82 Å². The van der Waals surface area contributed by atoms with Crippen LogP contribution in [0, 0.1) is 13.8 Å². The quantitative estimate of drug-likeness (QED) is 0.746. The van der Waals surface area contributed by atoms with E-state index in [0.29, 0.717) is 10.8 Å². The van der Waals surface area contributed by atoms with E-state index >= 15 is 0 Å². The highest BCUT2D eigenvalue weighted by Gasteiger charge is 2.20. The molecule has 2 N–H and O–H groups in total. The zero-order chi connectivity index (χ0) is 15.1. The highest BCUT2D eigenvalue weighted by molar-refractivity contribution is 7.14. The number of anilines is 1. The number of rotatable bonds is 2. The van der Waals surface area contributed by atoms with Gasteiger partial charge in [-0.05, 0) is 42.0 Å². The van der Waals surface area contributed by atoms with Gasteiger partial charge in [0.1, 0.15) is 11.5 Å². The normalized spacial score (nSPS) is 11.0. The Labute approximate surface area is 133 Å². The zero-order valence-electron chi connectivity index (χ0n) is 12.1. The minimum atomic E-state index is 0.651. The highest BCUT2D eigenvalue weighted by atomic mass is 35.5. The topological polar surface area (TPSA) is 43.8 Å². The summed E-state index contributed by atoms with van der Waals surface area (Å²) in [7, 11) is 1.85. The number of nitrogen functional groups attached to an aromatic ring is 1. The van der Waals surface area contributed by atoms with Gasteiger partial charge in [-0.1, -0.05) is 29.8 Å². The van der Waals surface area contributed by atoms with E-state index in [0.717, 1.165) is 21.7 Å². The van der Waals surface area contributed by atoms with Crippen molar-refractivity contribution in [3.05, 3.63) is 45.8 Å². The van der Waals surface area contributed by atoms with E-state index < -0.39 is 0 Å². The van der Waals surface area contributed by atoms with Gasteiger partial charge < -0.3 is 5.73 Å². The van der Waals surface area contributed by atoms with Crippen LogP contribution in [-0.2, 0) is 7.05 Å². The molecule has 0 radical (unpaired) electrons. The van der Waals surface area contributed by atoms with Crippen LogP contribution in [0.25, 0.3) is 21.7 Å². The van der Waals surface area contributed by atoms with Gasteiger partial charge in [0, 0.05) is 7.05 Å². The molecule has 3 rings (SSSR count). The molecule has 0 bridgehead atoms. The fourth-order valence-electron chi connectivity index (χ4n) is 2.34. The van der Waals surface area contributed by atoms with Gasteiger partial charge in [-0.2, -0.15) is 5.10 Å². The molecule has 3 aromatic rings. The maximum atomic E-state index is 6.27. The lowest BCUT2D eigenvalue weighted by molar-refractivity contribution is 0.783. The maximum absolute atomic E-state index is 6.27. The maximum Gasteiger partial charge on any atom is 0.129 e. The molecule has 21 heavy (non-hydrogen) atoms. The van der Waals surface area contributed by atoms with Crippen LogP contribution in [0.15, 0.2) is 29.6 Å². The monoisotopic (exact) mass is 317 g/mol. The molecule has 0 aliphatic heterocycles. The molecule has 2 heterocycles. The molecule has 0 aliphatic carbocycles. The second-order valence-corrected chi connectivity index (χ2v) is 6.45. The second kappa shape index (κ2) is 5.20. The van der Waals surface area contributed by atoms with E-state index in [4.69, 9.17) is 17.3 Å². The molecule has 0 saturated heterocycles. The van der Waals surface area contributed by atoms with Crippen LogP contribution >= 0.6 is 22.9 Å². The van der Waals surface area contributed by atoms with Gasteiger partial charge in [0.25, 0.3) is 0 Å². The Morgan fingerprint density at radius 2 is 1.95 bits per heavy atom. The fourth-order valence-corrected chi connectivity index (χ4v) is 3.48. The van der Waals surface area contributed by atoms with Gasteiger partial charge in [-0.15, -0.1) is 11.3 Å². The van der Waals surface area contributed by atoms with E-state index in [2.05, 4.69) is 37.1 Å². The number of aryl methyl sites for hydroxylation is 3. The van der Waals surface area contributed by atoms with Gasteiger partial charge in [0.15, 0.2) is 0 Å². The Morgan fingerprint density at radius 1 is 1.19 bits per heavy atom. The Balaban J connectivity index is 2.27. The number of thiophene rings is 1. The molecule has 0 spiro atoms. The van der Waals surface area contributed by atoms with Crippen molar-refractivity contribution in [2.45, 2.75) is 13.8 Å². The van der Waals surface area contributed by atoms with Crippen molar-refractivity contribution in [1.29, 1.82) is 0 Å². The molecule has 0 fully saturated rings. The van der Waals surface area contributed by atoms with Crippen molar-refractivity contribution in [3.8, 4) is 21.7 Å². The molecule has 0 atom stereocenters. The van der Waals surface area contributed by atoms with Gasteiger partial charge in [-0.3, -0.25) is 4.68 Å². The summed E-state index contributed by atoms with van der Waals surface area (Å²) < 4.78 is 1.70. The molecule has 1 aromatic carbocycles. The summed E-state index contributed by atoms with van der Waals surface area (Å²) in [4.78, 5) is 0.956. The van der Waals surface area contributed by atoms with Crippen LogP contribution < -0.4 is 5.73 Å². The number of nitrogens with two attached hydrogens (primary N) is 1. The Hall–Kier alpha value is -1.78. The molecule has 2 aromatic heterocycles. The van der Waals surface area contributed by atoms with Crippen LogP contribution in [0.1, 0.15) is 11.1 Å². The van der Waals surface area contributed by atoms with Crippen molar-refractivity contribution in [2.75, 3.05) is 5.73 Å². The smallest absolute Gasteiger partial charge is 0.129 e. The first-order valence-corrected chi connectivity index (χ1v) is 7.88. The third-order valence-corrected chi connectivity index (χ3v) is 5.07. The summed E-state index contributed by atoms with van der Waals surface area (Å²) in [5.74, 6) is 0.651. The average molecular weight is 318 g/mol. The third-order valence-electron chi connectivity index (χ3n) is 3.72. The molecule has 0 saturated carbocycles. The summed E-state index contributed by atoms with van der Waals surface area (Å²) in [5, 5.41) is 7.24. The Morgan fingerprint density at radius 3 is 2.57 bits per heavy atom. The highest BCUT2D eigenvalue weighted by Crippen LogP contribution is 2.41. The predicted octanol–water partition coefficient (Wildman–Crippen LogP) is 4.67. The zero-order valence-corrected chi connectivity index (χ0v) is 13.7. The van der Waals surface area contributed by atoms with Crippen LogP contribution in [0.3, 0.4) is 0 Å². The minimum Gasteiger partial charge on any atom is -0.383 e. The first-order chi connectivity index (χ1) is 9.99. The molecule has 0 amide bonds. The minimum absolute atomic E-state index is 0.651. The predicted molar refractivity (Wildman–Crippen MR) is 90.9 cm³/mol. The average Bonchev–Trinajstić information content (AvgIpc) is 2.98. The van der Waals surface area contributed by atoms with Gasteiger partial charge >= 0.3 is 0 Å². The number of halogens is 1. The molecular weight excluding hydrogens is 302 g/mol. The standard InChI is InChI=1S/C16H16ClN3S/c1-9-4-5-11(8-10(9)2)13-14(19-20(3)16(13)18)15-12(17)6-7-21-15/h4-8H,18H2,1-3H3. The largest absolute Gasteiger partial charge is 0.383 e. The van der Waals surface area contributed by atoms with Crippen molar-refractivity contribution >= 4 is 28.8 Å². The number of aromatic nitrogens is 2. The molecule has 0 unspecified atom stereocenters. The number of hydrogen-bond donors (Lipinski definition) is 1. The van der Waals surface area contributed by atoms with E-state index in [1.54, 1.807) is 16.0 Å². The van der Waals surface area contributed by atoms with Crippen LogP contribution in [0.5, 0.6) is 0 Å². The number of nitrogens with zero attached hydrogens (tertiary/aromatic N) is 2. The third kappa shape index (κ3) is 2.34. The van der Waals surface area contributed by atoms with Crippen molar-refractivity contribution in [1.82, 2.24) is 9.78 Å². The van der Waals surface area contributed by atoms with E-state index in [1.165, 1.54) is 11.1 Å². The van der Waals surface area contributed by atoms with Crippen molar-refractivity contribution in [3.63, 3.8) is 0 Å². The van der Waals surface area contributed by atoms with Gasteiger partial charge in [0.2, 0.25) is 0 Å². The first-order valence-electron chi connectivity index (χ1n) is 6.62. The van der Waals surface area contributed by atoms with Crippen molar-refractivity contribution in [2.24, 2.45) is 7.05 Å². The molecule has 108 valence electrons. The lowest BCUT2D eigenvalue weighted by atomic mass is 9.99. The van der Waals surface area contributed by atoms with E-state index in [9.17, 15) is 0 Å². The van der Waals surface area contributed by atoms with Gasteiger partial charge in [0.05, 0.1) is 15.5 Å². The summed E-state index contributed by atoms with van der Waals surface area (Å²) in [6.07, 6.45) is 0. The summed E-state index contributed by atoms with van der Waals surface area (Å²) >= 11 is 7.85. The van der Waals surface area contributed by atoms with Gasteiger partial charge in [-0.25, -0.2) is 0 Å². The number of hydrogen-bond acceptors (Lipinski definition) is 3. The SMILES string of the molecule is Cc1ccc(-c2c(-c3sccc3Cl)nn(C)c2N)cc1C. The van der Waals surface area contributed by atoms with Crippen molar-refractivity contribution < 1.29 is 0 Å². The van der Waals surface area contributed by atoms with E-state index in [1.807, 2.05) is 18.5 Å². The second-order valence-electron chi connectivity index (χ2n) is 5.13. The molecule has 5 heteroatoms. The number of benzene rings is 1. The summed E-state index contributed by atoms with van der Waals surface area (Å²) in [5.41, 5.74) is 11.6. The molecule has 0 aliphatic rings.